The third kappa shape index (κ3) is 5.85. The summed E-state index contributed by atoms with van der Waals surface area (Å²) in [4.78, 5) is 24.1. The average molecular weight is 380 g/mol. The fourth-order valence-electron chi connectivity index (χ4n) is 2.27. The average Bonchev–Trinajstić information content (AvgIpc) is 2.71. The molecule has 0 bridgehead atoms. The van der Waals surface area contributed by atoms with Crippen molar-refractivity contribution < 1.29 is 19.1 Å². The molecule has 0 saturated heterocycles. The van der Waals surface area contributed by atoms with Crippen LogP contribution >= 0.6 is 0 Å². The number of hydrogen-bond donors (Lipinski definition) is 1. The first-order valence-electron chi connectivity index (χ1n) is 9.00. The minimum atomic E-state index is -1.01. The highest BCUT2D eigenvalue weighted by Crippen LogP contribution is 2.16. The summed E-state index contributed by atoms with van der Waals surface area (Å²) in [6, 6.07) is 18.3. The van der Waals surface area contributed by atoms with Gasteiger partial charge in [-0.25, -0.2) is 4.79 Å². The van der Waals surface area contributed by atoms with E-state index in [1.807, 2.05) is 44.2 Å². The fourth-order valence-corrected chi connectivity index (χ4v) is 2.27. The van der Waals surface area contributed by atoms with E-state index >= 15 is 0 Å². The lowest BCUT2D eigenvalue weighted by molar-refractivity contribution is -0.125. The van der Waals surface area contributed by atoms with Gasteiger partial charge in [-0.15, -0.1) is 0 Å². The molecule has 146 valence electrons. The second-order valence-corrected chi connectivity index (χ2v) is 6.89. The maximum absolute atomic E-state index is 12.1. The van der Waals surface area contributed by atoms with Gasteiger partial charge in [0.1, 0.15) is 17.9 Å². The zero-order valence-corrected chi connectivity index (χ0v) is 16.3. The van der Waals surface area contributed by atoms with Crippen LogP contribution in [0.3, 0.4) is 0 Å². The zero-order valence-electron chi connectivity index (χ0n) is 16.3. The number of amides is 1. The van der Waals surface area contributed by atoms with Crippen molar-refractivity contribution in [1.82, 2.24) is 5.32 Å². The van der Waals surface area contributed by atoms with Gasteiger partial charge in [0.25, 0.3) is 5.91 Å². The van der Waals surface area contributed by atoms with Gasteiger partial charge in [0.15, 0.2) is 6.61 Å². The summed E-state index contributed by atoms with van der Waals surface area (Å²) in [5.74, 6) is -0.595. The molecule has 28 heavy (non-hydrogen) atoms. The molecule has 0 heterocycles. The third-order valence-corrected chi connectivity index (χ3v) is 4.46. The normalized spacial score (nSPS) is 12.5. The third-order valence-electron chi connectivity index (χ3n) is 4.46. The predicted octanol–water partition coefficient (Wildman–Crippen LogP) is 3.48. The van der Waals surface area contributed by atoms with Crippen molar-refractivity contribution in [3.8, 4) is 11.8 Å². The Hall–Kier alpha value is -3.33. The Morgan fingerprint density at radius 1 is 1.11 bits per heavy atom. The monoisotopic (exact) mass is 380 g/mol. The number of nitrogens with zero attached hydrogens (tertiary/aromatic N) is 1. The van der Waals surface area contributed by atoms with Gasteiger partial charge in [0.2, 0.25) is 0 Å². The van der Waals surface area contributed by atoms with Crippen LogP contribution < -0.4 is 10.1 Å². The highest BCUT2D eigenvalue weighted by atomic mass is 16.5. The second-order valence-electron chi connectivity index (χ2n) is 6.89. The van der Waals surface area contributed by atoms with Crippen LogP contribution in [-0.2, 0) is 16.1 Å². The van der Waals surface area contributed by atoms with E-state index in [0.717, 1.165) is 5.56 Å². The molecule has 1 atom stereocenters. The van der Waals surface area contributed by atoms with Gasteiger partial charge < -0.3 is 14.8 Å². The Balaban J connectivity index is 1.84. The minimum Gasteiger partial charge on any atom is -0.489 e. The van der Waals surface area contributed by atoms with E-state index in [0.29, 0.717) is 17.9 Å². The molecule has 0 aliphatic rings. The van der Waals surface area contributed by atoms with Crippen LogP contribution in [-0.4, -0.2) is 24.0 Å². The van der Waals surface area contributed by atoms with Gasteiger partial charge in [-0.3, -0.25) is 4.79 Å². The SMILES string of the molecule is CC(C)[C@@](C)(C#N)NC(=O)COC(=O)c1ccc(OCc2ccccc2)cc1. The van der Waals surface area contributed by atoms with Gasteiger partial charge in [0.05, 0.1) is 11.6 Å². The van der Waals surface area contributed by atoms with E-state index in [2.05, 4.69) is 11.4 Å². The van der Waals surface area contributed by atoms with Crippen molar-refractivity contribution in [2.75, 3.05) is 6.61 Å². The molecular formula is C22H24N2O4. The standard InChI is InChI=1S/C22H24N2O4/c1-16(2)22(3,15-23)24-20(25)14-28-21(26)18-9-11-19(12-10-18)27-13-17-7-5-4-6-8-17/h4-12,16H,13-14H2,1-3H3,(H,24,25)/t22-/m1/s1. The van der Waals surface area contributed by atoms with E-state index in [1.54, 1.807) is 31.2 Å². The van der Waals surface area contributed by atoms with Crippen molar-refractivity contribution in [3.63, 3.8) is 0 Å². The summed E-state index contributed by atoms with van der Waals surface area (Å²) in [6.45, 7) is 5.27. The second kappa shape index (κ2) is 9.56. The first-order chi connectivity index (χ1) is 13.3. The summed E-state index contributed by atoms with van der Waals surface area (Å²) in [6.07, 6.45) is 0. The van der Waals surface area contributed by atoms with Gasteiger partial charge in [-0.2, -0.15) is 5.26 Å². The van der Waals surface area contributed by atoms with Crippen molar-refractivity contribution in [1.29, 1.82) is 5.26 Å². The fraction of sp³-hybridized carbons (Fsp3) is 0.318. The molecule has 0 aromatic heterocycles. The van der Waals surface area contributed by atoms with Crippen LogP contribution in [0.1, 0.15) is 36.7 Å². The molecule has 0 radical (unpaired) electrons. The molecular weight excluding hydrogens is 356 g/mol. The van der Waals surface area contributed by atoms with Crippen molar-refractivity contribution >= 4 is 11.9 Å². The Morgan fingerprint density at radius 2 is 1.75 bits per heavy atom. The lowest BCUT2D eigenvalue weighted by Gasteiger charge is -2.27. The zero-order chi connectivity index (χ0) is 20.6. The molecule has 0 saturated carbocycles. The maximum Gasteiger partial charge on any atom is 0.338 e. The summed E-state index contributed by atoms with van der Waals surface area (Å²) < 4.78 is 10.7. The summed E-state index contributed by atoms with van der Waals surface area (Å²) in [5.41, 5.74) is 0.343. The summed E-state index contributed by atoms with van der Waals surface area (Å²) >= 11 is 0. The van der Waals surface area contributed by atoms with Gasteiger partial charge in [0, 0.05) is 0 Å². The molecule has 0 fully saturated rings. The number of esters is 1. The van der Waals surface area contributed by atoms with Crippen LogP contribution in [0.25, 0.3) is 0 Å². The van der Waals surface area contributed by atoms with E-state index in [9.17, 15) is 14.9 Å². The lowest BCUT2D eigenvalue weighted by Crippen LogP contribution is -2.50. The maximum atomic E-state index is 12.1. The van der Waals surface area contributed by atoms with Crippen molar-refractivity contribution in [2.24, 2.45) is 5.92 Å². The Morgan fingerprint density at radius 3 is 2.32 bits per heavy atom. The van der Waals surface area contributed by atoms with E-state index < -0.39 is 24.0 Å². The lowest BCUT2D eigenvalue weighted by atomic mass is 9.90. The van der Waals surface area contributed by atoms with Gasteiger partial charge in [-0.1, -0.05) is 44.2 Å². The summed E-state index contributed by atoms with van der Waals surface area (Å²) in [5, 5.41) is 11.8. The van der Waals surface area contributed by atoms with E-state index in [4.69, 9.17) is 9.47 Å². The first-order valence-corrected chi connectivity index (χ1v) is 9.00. The Labute approximate surface area is 165 Å². The van der Waals surface area contributed by atoms with Crippen LogP contribution in [0.15, 0.2) is 54.6 Å². The van der Waals surface area contributed by atoms with Crippen molar-refractivity contribution in [2.45, 2.75) is 32.9 Å². The molecule has 0 spiro atoms. The first kappa shape index (κ1) is 21.0. The molecule has 2 aromatic carbocycles. The molecule has 2 aromatic rings. The number of benzene rings is 2. The number of nitrogens with one attached hydrogen (secondary N) is 1. The Bertz CT molecular complexity index is 841. The van der Waals surface area contributed by atoms with Gasteiger partial charge >= 0.3 is 5.97 Å². The Kier molecular flexibility index (Phi) is 7.16. The van der Waals surface area contributed by atoms with Crippen molar-refractivity contribution in [3.05, 3.63) is 65.7 Å². The van der Waals surface area contributed by atoms with Crippen LogP contribution in [0.4, 0.5) is 0 Å². The molecule has 6 heteroatoms. The van der Waals surface area contributed by atoms with Crippen LogP contribution in [0.5, 0.6) is 5.75 Å². The number of hydrogen-bond acceptors (Lipinski definition) is 5. The highest BCUT2D eigenvalue weighted by Gasteiger charge is 2.30. The number of nitriles is 1. The molecule has 1 N–H and O–H groups in total. The predicted molar refractivity (Wildman–Crippen MR) is 104 cm³/mol. The molecule has 0 aliphatic heterocycles. The highest BCUT2D eigenvalue weighted by molar-refractivity contribution is 5.91. The number of rotatable bonds is 8. The molecule has 6 nitrogen and oxygen atoms in total. The molecule has 0 unspecified atom stereocenters. The number of carbonyl (C=O) groups excluding carboxylic acids is 2. The molecule has 1 amide bonds. The smallest absolute Gasteiger partial charge is 0.338 e. The quantitative estimate of drug-likeness (QED) is 0.709. The number of carbonyl (C=O) groups is 2. The molecule has 0 aliphatic carbocycles. The summed E-state index contributed by atoms with van der Waals surface area (Å²) in [7, 11) is 0. The van der Waals surface area contributed by atoms with Crippen LogP contribution in [0, 0.1) is 17.2 Å². The van der Waals surface area contributed by atoms with E-state index in [1.165, 1.54) is 0 Å². The van der Waals surface area contributed by atoms with E-state index in [-0.39, 0.29) is 5.92 Å². The number of ether oxygens (including phenoxy) is 2. The minimum absolute atomic E-state index is 0.0828. The van der Waals surface area contributed by atoms with Gasteiger partial charge in [-0.05, 0) is 42.7 Å². The molecule has 2 rings (SSSR count). The topological polar surface area (TPSA) is 88.4 Å². The van der Waals surface area contributed by atoms with Crippen LogP contribution in [0.2, 0.25) is 0 Å². The largest absolute Gasteiger partial charge is 0.489 e.